The monoisotopic (exact) mass is 252 g/mol. The summed E-state index contributed by atoms with van der Waals surface area (Å²) in [5.41, 5.74) is 0. The second kappa shape index (κ2) is 5.29. The van der Waals surface area contributed by atoms with Gasteiger partial charge in [-0.2, -0.15) is 0 Å². The van der Waals surface area contributed by atoms with E-state index in [1.165, 1.54) is 0 Å². The molecule has 0 aromatic carbocycles. The van der Waals surface area contributed by atoms with E-state index in [4.69, 9.17) is 0 Å². The third kappa shape index (κ3) is 2.38. The summed E-state index contributed by atoms with van der Waals surface area (Å²) in [6.45, 7) is 6.86. The molecule has 0 aromatic rings. The number of carbonyl (C=O) groups is 2. The van der Waals surface area contributed by atoms with Crippen molar-refractivity contribution >= 4 is 11.8 Å². The molecule has 18 heavy (non-hydrogen) atoms. The molecule has 2 amide bonds. The maximum Gasteiger partial charge on any atom is 0.246 e. The van der Waals surface area contributed by atoms with Crippen molar-refractivity contribution in [1.82, 2.24) is 10.2 Å². The van der Waals surface area contributed by atoms with Crippen LogP contribution in [0.2, 0.25) is 0 Å². The molecule has 2 aliphatic rings. The van der Waals surface area contributed by atoms with Crippen LogP contribution in [-0.4, -0.2) is 35.3 Å². The Morgan fingerprint density at radius 3 is 2.50 bits per heavy atom. The van der Waals surface area contributed by atoms with Crippen molar-refractivity contribution in [3.05, 3.63) is 0 Å². The van der Waals surface area contributed by atoms with Crippen molar-refractivity contribution < 1.29 is 9.59 Å². The third-order valence-corrected chi connectivity index (χ3v) is 4.20. The largest absolute Gasteiger partial charge is 0.342 e. The van der Waals surface area contributed by atoms with Crippen molar-refractivity contribution in [2.24, 2.45) is 11.8 Å². The van der Waals surface area contributed by atoms with Crippen LogP contribution in [0.4, 0.5) is 0 Å². The Morgan fingerprint density at radius 1 is 1.33 bits per heavy atom. The van der Waals surface area contributed by atoms with E-state index in [-0.39, 0.29) is 29.8 Å². The van der Waals surface area contributed by atoms with E-state index >= 15 is 0 Å². The number of piperazine rings is 1. The molecule has 0 spiro atoms. The van der Waals surface area contributed by atoms with E-state index in [1.807, 2.05) is 11.8 Å². The second-order valence-electron chi connectivity index (χ2n) is 5.69. The van der Waals surface area contributed by atoms with E-state index in [0.29, 0.717) is 12.5 Å². The minimum atomic E-state index is -0.316. The highest BCUT2D eigenvalue weighted by Gasteiger charge is 2.48. The fraction of sp³-hybridized carbons (Fsp3) is 0.857. The first-order valence-electron chi connectivity index (χ1n) is 7.21. The first-order chi connectivity index (χ1) is 8.60. The highest BCUT2D eigenvalue weighted by molar-refractivity contribution is 5.97. The van der Waals surface area contributed by atoms with E-state index in [9.17, 15) is 9.59 Å². The molecular weight excluding hydrogens is 228 g/mol. The second-order valence-corrected chi connectivity index (χ2v) is 5.69. The molecule has 0 aromatic heterocycles. The maximum atomic E-state index is 12.5. The average Bonchev–Trinajstić information content (AvgIpc) is 3.17. The van der Waals surface area contributed by atoms with Gasteiger partial charge in [-0.3, -0.25) is 9.59 Å². The number of carbonyl (C=O) groups excluding carboxylic acids is 2. The summed E-state index contributed by atoms with van der Waals surface area (Å²) in [4.78, 5) is 26.6. The Morgan fingerprint density at radius 2 is 2.00 bits per heavy atom. The lowest BCUT2D eigenvalue weighted by molar-refractivity contribution is -0.151. The zero-order valence-electron chi connectivity index (χ0n) is 11.6. The van der Waals surface area contributed by atoms with Gasteiger partial charge >= 0.3 is 0 Å². The summed E-state index contributed by atoms with van der Waals surface area (Å²) in [5, 5.41) is 2.95. The molecule has 1 saturated heterocycles. The normalized spacial score (nSPS) is 30.3. The number of rotatable bonds is 5. The lowest BCUT2D eigenvalue weighted by Gasteiger charge is -2.41. The van der Waals surface area contributed by atoms with Crippen molar-refractivity contribution in [2.45, 2.75) is 58.5 Å². The zero-order valence-corrected chi connectivity index (χ0v) is 11.6. The van der Waals surface area contributed by atoms with Gasteiger partial charge in [0.1, 0.15) is 12.1 Å². The molecule has 3 unspecified atom stereocenters. The molecule has 3 atom stereocenters. The Balaban J connectivity index is 2.17. The van der Waals surface area contributed by atoms with E-state index in [2.05, 4.69) is 19.2 Å². The fourth-order valence-corrected chi connectivity index (χ4v) is 2.75. The van der Waals surface area contributed by atoms with Crippen molar-refractivity contribution in [3.63, 3.8) is 0 Å². The molecule has 2 fully saturated rings. The summed E-state index contributed by atoms with van der Waals surface area (Å²) in [6, 6.07) is -0.512. The quantitative estimate of drug-likeness (QED) is 0.807. The SMILES string of the molecule is CCCN1C(=O)C(C(C)CC)NC(=O)C1C1CC1. The Hall–Kier alpha value is -1.06. The third-order valence-electron chi connectivity index (χ3n) is 4.20. The summed E-state index contributed by atoms with van der Waals surface area (Å²) >= 11 is 0. The lowest BCUT2D eigenvalue weighted by Crippen LogP contribution is -2.65. The van der Waals surface area contributed by atoms with E-state index in [0.717, 1.165) is 25.7 Å². The predicted octanol–water partition coefficient (Wildman–Crippen LogP) is 1.55. The van der Waals surface area contributed by atoms with Gasteiger partial charge in [0.15, 0.2) is 0 Å². The summed E-state index contributed by atoms with van der Waals surface area (Å²) < 4.78 is 0. The smallest absolute Gasteiger partial charge is 0.246 e. The molecular formula is C14H24N2O2. The molecule has 1 aliphatic heterocycles. The number of amides is 2. The van der Waals surface area contributed by atoms with Gasteiger partial charge in [0.05, 0.1) is 0 Å². The molecule has 2 rings (SSSR count). The highest BCUT2D eigenvalue weighted by Crippen LogP contribution is 2.37. The van der Waals surface area contributed by atoms with E-state index < -0.39 is 0 Å². The van der Waals surface area contributed by atoms with Crippen LogP contribution in [0.5, 0.6) is 0 Å². The van der Waals surface area contributed by atoms with Gasteiger partial charge in [0.2, 0.25) is 11.8 Å². The molecule has 1 N–H and O–H groups in total. The van der Waals surface area contributed by atoms with Gasteiger partial charge in [0.25, 0.3) is 0 Å². The summed E-state index contributed by atoms with van der Waals surface area (Å²) in [5.74, 6) is 0.804. The maximum absolute atomic E-state index is 12.5. The predicted molar refractivity (Wildman–Crippen MR) is 69.9 cm³/mol. The lowest BCUT2D eigenvalue weighted by atomic mass is 9.93. The molecule has 1 aliphatic carbocycles. The van der Waals surface area contributed by atoms with Gasteiger partial charge in [-0.05, 0) is 31.1 Å². The molecule has 0 bridgehead atoms. The van der Waals surface area contributed by atoms with Crippen LogP contribution < -0.4 is 5.32 Å². The number of hydrogen-bond acceptors (Lipinski definition) is 2. The van der Waals surface area contributed by atoms with Gasteiger partial charge < -0.3 is 10.2 Å². The first-order valence-corrected chi connectivity index (χ1v) is 7.21. The van der Waals surface area contributed by atoms with Crippen LogP contribution >= 0.6 is 0 Å². The molecule has 102 valence electrons. The van der Waals surface area contributed by atoms with Crippen LogP contribution in [0.1, 0.15) is 46.5 Å². The summed E-state index contributed by atoms with van der Waals surface area (Å²) in [7, 11) is 0. The Bertz CT molecular complexity index is 339. The first kappa shape index (κ1) is 13.4. The molecule has 1 saturated carbocycles. The van der Waals surface area contributed by atoms with Crippen molar-refractivity contribution in [3.8, 4) is 0 Å². The molecule has 1 heterocycles. The Labute approximate surface area is 109 Å². The number of nitrogens with one attached hydrogen (secondary N) is 1. The van der Waals surface area contributed by atoms with Gasteiger partial charge in [-0.25, -0.2) is 0 Å². The fourth-order valence-electron chi connectivity index (χ4n) is 2.75. The minimum absolute atomic E-state index is 0.0656. The molecule has 4 heteroatoms. The number of hydrogen-bond donors (Lipinski definition) is 1. The zero-order chi connectivity index (χ0) is 13.3. The van der Waals surface area contributed by atoms with E-state index in [1.54, 1.807) is 0 Å². The van der Waals surface area contributed by atoms with Crippen LogP contribution in [0, 0.1) is 11.8 Å². The van der Waals surface area contributed by atoms with Crippen LogP contribution in [0.3, 0.4) is 0 Å². The topological polar surface area (TPSA) is 49.4 Å². The van der Waals surface area contributed by atoms with Crippen LogP contribution in [0.25, 0.3) is 0 Å². The summed E-state index contributed by atoms with van der Waals surface area (Å²) in [6.07, 6.45) is 3.99. The van der Waals surface area contributed by atoms with Gasteiger partial charge in [-0.15, -0.1) is 0 Å². The molecule has 0 radical (unpaired) electrons. The standard InChI is InChI=1S/C14H24N2O2/c1-4-8-16-12(10-6-7-10)13(17)15-11(14(16)18)9(3)5-2/h9-12H,4-8H2,1-3H3,(H,15,17). The van der Waals surface area contributed by atoms with Crippen LogP contribution in [-0.2, 0) is 9.59 Å². The average molecular weight is 252 g/mol. The molecule has 4 nitrogen and oxygen atoms in total. The van der Waals surface area contributed by atoms with Crippen molar-refractivity contribution in [1.29, 1.82) is 0 Å². The minimum Gasteiger partial charge on any atom is -0.342 e. The number of nitrogens with zero attached hydrogens (tertiary/aromatic N) is 1. The Kier molecular flexibility index (Phi) is 3.93. The van der Waals surface area contributed by atoms with Crippen LogP contribution in [0.15, 0.2) is 0 Å². The van der Waals surface area contributed by atoms with Gasteiger partial charge in [0, 0.05) is 6.54 Å². The highest BCUT2D eigenvalue weighted by atomic mass is 16.2. The van der Waals surface area contributed by atoms with Crippen molar-refractivity contribution in [2.75, 3.05) is 6.54 Å². The van der Waals surface area contributed by atoms with Gasteiger partial charge in [-0.1, -0.05) is 27.2 Å².